The number of carbonyl (C=O) groups is 1. The van der Waals surface area contributed by atoms with Gasteiger partial charge in [-0.1, -0.05) is 11.6 Å². The lowest BCUT2D eigenvalue weighted by molar-refractivity contribution is 0.103. The van der Waals surface area contributed by atoms with E-state index in [0.717, 1.165) is 41.0 Å². The molecule has 0 saturated carbocycles. The largest absolute Gasteiger partial charge is 0.353 e. The van der Waals surface area contributed by atoms with Crippen molar-refractivity contribution >= 4 is 50.6 Å². The second kappa shape index (κ2) is 7.64. The summed E-state index contributed by atoms with van der Waals surface area (Å²) < 4.78 is 13.4. The maximum Gasteiger partial charge on any atom is 0.266 e. The fraction of sp³-hybridized carbons (Fsp3) is 0.350. The first kappa shape index (κ1) is 19.1. The van der Waals surface area contributed by atoms with Crippen molar-refractivity contribution in [3.05, 3.63) is 45.8 Å². The fourth-order valence-corrected chi connectivity index (χ4v) is 4.88. The van der Waals surface area contributed by atoms with Gasteiger partial charge in [-0.05, 0) is 56.9 Å². The van der Waals surface area contributed by atoms with E-state index in [4.69, 9.17) is 11.6 Å². The predicted molar refractivity (Wildman–Crippen MR) is 112 cm³/mol. The molecular weight excluding hydrogens is 399 g/mol. The number of nitrogens with zero attached hydrogens (tertiary/aromatic N) is 3. The van der Waals surface area contributed by atoms with E-state index in [-0.39, 0.29) is 10.9 Å². The number of halogens is 2. The van der Waals surface area contributed by atoms with Gasteiger partial charge in [-0.15, -0.1) is 11.3 Å². The molecule has 1 aromatic carbocycles. The number of hydrogen-bond donors (Lipinski definition) is 1. The van der Waals surface area contributed by atoms with Crippen molar-refractivity contribution in [3.63, 3.8) is 0 Å². The van der Waals surface area contributed by atoms with Gasteiger partial charge in [0.05, 0.1) is 15.3 Å². The smallest absolute Gasteiger partial charge is 0.266 e. The Kier molecular flexibility index (Phi) is 5.21. The van der Waals surface area contributed by atoms with Gasteiger partial charge in [-0.2, -0.15) is 0 Å². The maximum absolute atomic E-state index is 13.4. The Balaban J connectivity index is 1.70. The third kappa shape index (κ3) is 3.44. The Labute approximate surface area is 171 Å². The van der Waals surface area contributed by atoms with Crippen LogP contribution in [0.4, 0.5) is 15.9 Å². The summed E-state index contributed by atoms with van der Waals surface area (Å²) >= 11 is 7.15. The molecule has 2 aromatic heterocycles. The zero-order valence-corrected chi connectivity index (χ0v) is 17.2. The van der Waals surface area contributed by atoms with Crippen molar-refractivity contribution < 1.29 is 9.18 Å². The van der Waals surface area contributed by atoms with Crippen LogP contribution in [-0.4, -0.2) is 28.5 Å². The Morgan fingerprint density at radius 2 is 2.18 bits per heavy atom. The number of aryl methyl sites for hydroxylation is 1. The lowest BCUT2D eigenvalue weighted by Crippen LogP contribution is -2.38. The van der Waals surface area contributed by atoms with Gasteiger partial charge in [0.25, 0.3) is 5.91 Å². The van der Waals surface area contributed by atoms with Crippen LogP contribution >= 0.6 is 22.9 Å². The second-order valence-corrected chi connectivity index (χ2v) is 8.46. The summed E-state index contributed by atoms with van der Waals surface area (Å²) in [7, 11) is 0. The molecule has 0 radical (unpaired) electrons. The van der Waals surface area contributed by atoms with Crippen molar-refractivity contribution in [3.8, 4) is 0 Å². The topological polar surface area (TPSA) is 58.1 Å². The molecule has 1 fully saturated rings. The molecule has 3 heterocycles. The number of thiophene rings is 1. The summed E-state index contributed by atoms with van der Waals surface area (Å²) in [6, 6.07) is 4.53. The van der Waals surface area contributed by atoms with E-state index in [1.54, 1.807) is 6.33 Å². The van der Waals surface area contributed by atoms with Crippen LogP contribution in [0.15, 0.2) is 24.5 Å². The van der Waals surface area contributed by atoms with Gasteiger partial charge >= 0.3 is 0 Å². The number of fused-ring (bicyclic) bond motifs is 1. The Bertz CT molecular complexity index is 1050. The first-order chi connectivity index (χ1) is 13.5. The number of aromatic nitrogens is 2. The van der Waals surface area contributed by atoms with E-state index in [0.29, 0.717) is 16.6 Å². The standard InChI is InChI=1S/C20H20ClFN4OS/c1-11-5-3-4-8-26(11)18-16-12(2)17(28-20(16)24-10-23-18)19(27)25-13-6-7-15(22)14(21)9-13/h6-7,9-11H,3-5,8H2,1-2H3,(H,25,27)/t11-/m1/s1. The summed E-state index contributed by atoms with van der Waals surface area (Å²) in [5.41, 5.74) is 1.31. The normalized spacial score (nSPS) is 17.1. The molecule has 1 saturated heterocycles. The number of anilines is 2. The van der Waals surface area contributed by atoms with Gasteiger partial charge in [0, 0.05) is 18.3 Å². The van der Waals surface area contributed by atoms with E-state index < -0.39 is 5.82 Å². The SMILES string of the molecule is Cc1c(C(=O)Nc2ccc(F)c(Cl)c2)sc2ncnc(N3CCCC[C@H]3C)c12. The highest BCUT2D eigenvalue weighted by molar-refractivity contribution is 7.20. The molecule has 1 N–H and O–H groups in total. The average molecular weight is 419 g/mol. The van der Waals surface area contributed by atoms with Gasteiger partial charge in [-0.25, -0.2) is 14.4 Å². The molecule has 0 aliphatic carbocycles. The molecule has 5 nitrogen and oxygen atoms in total. The van der Waals surface area contributed by atoms with Crippen LogP contribution in [0.5, 0.6) is 0 Å². The fourth-order valence-electron chi connectivity index (χ4n) is 3.66. The van der Waals surface area contributed by atoms with Crippen LogP contribution in [0.2, 0.25) is 5.02 Å². The minimum Gasteiger partial charge on any atom is -0.353 e. The van der Waals surface area contributed by atoms with E-state index in [2.05, 4.69) is 27.1 Å². The summed E-state index contributed by atoms with van der Waals surface area (Å²) in [4.78, 5) is 25.5. The van der Waals surface area contributed by atoms with E-state index in [9.17, 15) is 9.18 Å². The molecule has 3 aromatic rings. The van der Waals surface area contributed by atoms with E-state index in [1.165, 1.54) is 36.0 Å². The van der Waals surface area contributed by atoms with Crippen molar-refractivity contribution in [1.29, 1.82) is 0 Å². The van der Waals surface area contributed by atoms with Gasteiger partial charge in [0.15, 0.2) is 0 Å². The zero-order chi connectivity index (χ0) is 19.8. The molecule has 0 unspecified atom stereocenters. The van der Waals surface area contributed by atoms with Crippen molar-refractivity contribution in [2.24, 2.45) is 0 Å². The summed E-state index contributed by atoms with van der Waals surface area (Å²) in [6.45, 7) is 5.09. The molecule has 4 rings (SSSR count). The van der Waals surface area contributed by atoms with Gasteiger partial charge in [-0.3, -0.25) is 4.79 Å². The second-order valence-electron chi connectivity index (χ2n) is 7.05. The highest BCUT2D eigenvalue weighted by Gasteiger charge is 2.25. The van der Waals surface area contributed by atoms with E-state index in [1.807, 2.05) is 6.92 Å². The quantitative estimate of drug-likeness (QED) is 0.616. The molecule has 1 aliphatic heterocycles. The van der Waals surface area contributed by atoms with Crippen LogP contribution in [-0.2, 0) is 0 Å². The monoisotopic (exact) mass is 418 g/mol. The van der Waals surface area contributed by atoms with Gasteiger partial charge in [0.1, 0.15) is 22.8 Å². The summed E-state index contributed by atoms with van der Waals surface area (Å²) in [5.74, 6) is 0.115. The van der Waals surface area contributed by atoms with Crippen LogP contribution in [0, 0.1) is 12.7 Å². The highest BCUT2D eigenvalue weighted by atomic mass is 35.5. The first-order valence-electron chi connectivity index (χ1n) is 9.23. The van der Waals surface area contributed by atoms with Crippen molar-refractivity contribution in [1.82, 2.24) is 9.97 Å². The highest BCUT2D eigenvalue weighted by Crippen LogP contribution is 2.37. The van der Waals surface area contributed by atoms with Crippen molar-refractivity contribution in [2.45, 2.75) is 39.2 Å². The van der Waals surface area contributed by atoms with Crippen LogP contribution < -0.4 is 10.2 Å². The molecule has 1 amide bonds. The summed E-state index contributed by atoms with van der Waals surface area (Å²) in [5, 5.41) is 3.70. The molecule has 0 spiro atoms. The molecular formula is C20H20ClFN4OS. The zero-order valence-electron chi connectivity index (χ0n) is 15.6. The van der Waals surface area contributed by atoms with Crippen LogP contribution in [0.25, 0.3) is 10.2 Å². The molecule has 8 heteroatoms. The Hall–Kier alpha value is -2.25. The lowest BCUT2D eigenvalue weighted by Gasteiger charge is -2.34. The number of piperidine rings is 1. The van der Waals surface area contributed by atoms with Crippen molar-refractivity contribution in [2.75, 3.05) is 16.8 Å². The molecule has 28 heavy (non-hydrogen) atoms. The number of amides is 1. The number of hydrogen-bond acceptors (Lipinski definition) is 5. The predicted octanol–water partition coefficient (Wildman–Crippen LogP) is 5.42. The molecule has 0 bridgehead atoms. The first-order valence-corrected chi connectivity index (χ1v) is 10.4. The average Bonchev–Trinajstić information content (AvgIpc) is 3.02. The van der Waals surface area contributed by atoms with Gasteiger partial charge < -0.3 is 10.2 Å². The minimum atomic E-state index is -0.520. The molecule has 1 atom stereocenters. The molecule has 1 aliphatic rings. The lowest BCUT2D eigenvalue weighted by atomic mass is 10.0. The summed E-state index contributed by atoms with van der Waals surface area (Å²) in [6.07, 6.45) is 5.06. The van der Waals surface area contributed by atoms with Crippen LogP contribution in [0.3, 0.4) is 0 Å². The number of nitrogens with one attached hydrogen (secondary N) is 1. The Morgan fingerprint density at radius 3 is 2.93 bits per heavy atom. The van der Waals surface area contributed by atoms with Crippen LogP contribution in [0.1, 0.15) is 41.4 Å². The van der Waals surface area contributed by atoms with Gasteiger partial charge in [0.2, 0.25) is 0 Å². The number of rotatable bonds is 3. The number of carbonyl (C=O) groups excluding carboxylic acids is 1. The number of benzene rings is 1. The maximum atomic E-state index is 13.4. The third-order valence-electron chi connectivity index (χ3n) is 5.17. The third-order valence-corrected chi connectivity index (χ3v) is 6.65. The van der Waals surface area contributed by atoms with E-state index >= 15 is 0 Å². The minimum absolute atomic E-state index is 0.0295. The molecule has 146 valence electrons. The Morgan fingerprint density at radius 1 is 1.36 bits per heavy atom.